The Morgan fingerprint density at radius 1 is 0.973 bits per heavy atom. The van der Waals surface area contributed by atoms with E-state index in [4.69, 9.17) is 0 Å². The molecule has 1 aromatic heterocycles. The molecule has 1 aliphatic rings. The van der Waals surface area contributed by atoms with Crippen LogP contribution in [-0.4, -0.2) is 46.4 Å². The lowest BCUT2D eigenvalue weighted by Gasteiger charge is -2.22. The molecule has 0 bridgehead atoms. The van der Waals surface area contributed by atoms with E-state index in [0.29, 0.717) is 41.3 Å². The highest BCUT2D eigenvalue weighted by molar-refractivity contribution is 6.07. The predicted molar refractivity (Wildman–Crippen MR) is 139 cm³/mol. The maximum Gasteiger partial charge on any atom is 0.350 e. The zero-order valence-corrected chi connectivity index (χ0v) is 20.6. The van der Waals surface area contributed by atoms with Gasteiger partial charge in [0, 0.05) is 38.4 Å². The van der Waals surface area contributed by atoms with E-state index in [1.54, 1.807) is 60.3 Å². The Kier molecular flexibility index (Phi) is 6.08. The third kappa shape index (κ3) is 4.26. The maximum absolute atomic E-state index is 14.8. The number of anilines is 2. The molecule has 0 aliphatic carbocycles. The number of aryl methyl sites for hydroxylation is 1. The van der Waals surface area contributed by atoms with Crippen molar-refractivity contribution in [3.8, 4) is 16.8 Å². The lowest BCUT2D eigenvalue weighted by Crippen LogP contribution is -2.32. The van der Waals surface area contributed by atoms with Gasteiger partial charge in [0.25, 0.3) is 5.91 Å². The Morgan fingerprint density at radius 3 is 2.38 bits per heavy atom. The van der Waals surface area contributed by atoms with E-state index >= 15 is 0 Å². The standard InChI is InChI=1S/C27H25FN6O3/c1-17-23(18-7-9-21(10-8-18)34-16-30-31(3)26(34)36)14-20(28)15-24(17)33-12-11-32(27(33)37)22-6-4-5-19(13-22)25(35)29-2/h4-10,13-16H,11-12H2,1-3H3,(H,29,35). The van der Waals surface area contributed by atoms with Gasteiger partial charge in [0.1, 0.15) is 12.1 Å². The Balaban J connectivity index is 1.46. The molecule has 0 spiro atoms. The summed E-state index contributed by atoms with van der Waals surface area (Å²) in [5.41, 5.74) is 4.06. The fourth-order valence-corrected chi connectivity index (χ4v) is 4.57. The molecular formula is C27H25FN6O3. The molecule has 1 N–H and O–H groups in total. The summed E-state index contributed by atoms with van der Waals surface area (Å²) in [5, 5.41) is 6.55. The Hall–Kier alpha value is -4.73. The van der Waals surface area contributed by atoms with Crippen molar-refractivity contribution in [3.05, 3.63) is 94.4 Å². The Bertz CT molecular complexity index is 1570. The molecule has 1 fully saturated rings. The van der Waals surface area contributed by atoms with E-state index < -0.39 is 5.82 Å². The molecule has 4 aromatic rings. The Labute approximate surface area is 212 Å². The second-order valence-corrected chi connectivity index (χ2v) is 8.77. The number of rotatable bonds is 5. The van der Waals surface area contributed by atoms with E-state index in [2.05, 4.69) is 10.4 Å². The van der Waals surface area contributed by atoms with Crippen molar-refractivity contribution in [1.29, 1.82) is 0 Å². The zero-order valence-electron chi connectivity index (χ0n) is 20.6. The number of carbonyl (C=O) groups excluding carboxylic acids is 2. The quantitative estimate of drug-likeness (QED) is 0.454. The summed E-state index contributed by atoms with van der Waals surface area (Å²) in [7, 11) is 3.12. The van der Waals surface area contributed by atoms with Gasteiger partial charge in [-0.1, -0.05) is 18.2 Å². The minimum atomic E-state index is -0.462. The van der Waals surface area contributed by atoms with Crippen LogP contribution >= 0.6 is 0 Å². The van der Waals surface area contributed by atoms with Gasteiger partial charge in [-0.05, 0) is 66.1 Å². The van der Waals surface area contributed by atoms with Gasteiger partial charge < -0.3 is 5.32 Å². The first-order valence-corrected chi connectivity index (χ1v) is 11.7. The number of nitrogens with zero attached hydrogens (tertiary/aromatic N) is 5. The van der Waals surface area contributed by atoms with Gasteiger partial charge in [-0.3, -0.25) is 14.6 Å². The van der Waals surface area contributed by atoms with Crippen molar-refractivity contribution in [1.82, 2.24) is 19.7 Å². The van der Waals surface area contributed by atoms with E-state index in [1.165, 1.54) is 27.7 Å². The van der Waals surface area contributed by atoms with Crippen LogP contribution in [0.15, 0.2) is 71.8 Å². The number of nitrogens with one attached hydrogen (secondary N) is 1. The van der Waals surface area contributed by atoms with Crippen molar-refractivity contribution in [2.75, 3.05) is 29.9 Å². The number of benzene rings is 3. The van der Waals surface area contributed by atoms with Crippen molar-refractivity contribution in [3.63, 3.8) is 0 Å². The number of amides is 3. The van der Waals surface area contributed by atoms with Crippen LogP contribution in [0.4, 0.5) is 20.6 Å². The van der Waals surface area contributed by atoms with Gasteiger partial charge in [-0.15, -0.1) is 0 Å². The SMILES string of the molecule is CNC(=O)c1cccc(N2CCN(c3cc(F)cc(-c4ccc(-n5cnn(C)c5=O)cc4)c3C)C2=O)c1. The van der Waals surface area contributed by atoms with Crippen LogP contribution in [0.3, 0.4) is 0 Å². The highest BCUT2D eigenvalue weighted by Crippen LogP contribution is 2.35. The molecule has 1 aliphatic heterocycles. The summed E-state index contributed by atoms with van der Waals surface area (Å²) in [5.74, 6) is -0.702. The molecular weight excluding hydrogens is 475 g/mol. The smallest absolute Gasteiger partial charge is 0.350 e. The van der Waals surface area contributed by atoms with E-state index in [0.717, 1.165) is 11.1 Å². The van der Waals surface area contributed by atoms with E-state index in [9.17, 15) is 18.8 Å². The monoisotopic (exact) mass is 500 g/mol. The van der Waals surface area contributed by atoms with Gasteiger partial charge in [-0.25, -0.2) is 23.2 Å². The van der Waals surface area contributed by atoms with Crippen LogP contribution in [-0.2, 0) is 7.05 Å². The fraction of sp³-hybridized carbons (Fsp3) is 0.185. The molecule has 37 heavy (non-hydrogen) atoms. The molecule has 10 heteroatoms. The van der Waals surface area contributed by atoms with Crippen molar-refractivity contribution in [2.45, 2.75) is 6.92 Å². The van der Waals surface area contributed by atoms with Crippen LogP contribution in [0.2, 0.25) is 0 Å². The number of aromatic nitrogens is 3. The van der Waals surface area contributed by atoms with E-state index in [1.807, 2.05) is 19.1 Å². The van der Waals surface area contributed by atoms with Crippen LogP contribution in [0.1, 0.15) is 15.9 Å². The predicted octanol–water partition coefficient (Wildman–Crippen LogP) is 3.49. The molecule has 9 nitrogen and oxygen atoms in total. The van der Waals surface area contributed by atoms with Crippen molar-refractivity contribution >= 4 is 23.3 Å². The molecule has 188 valence electrons. The number of hydrogen-bond donors (Lipinski definition) is 1. The van der Waals surface area contributed by atoms with Crippen molar-refractivity contribution in [2.24, 2.45) is 7.05 Å². The number of urea groups is 1. The topological polar surface area (TPSA) is 92.5 Å². The Morgan fingerprint density at radius 2 is 1.70 bits per heavy atom. The summed E-state index contributed by atoms with van der Waals surface area (Å²) in [6, 6.07) is 16.5. The zero-order chi connectivity index (χ0) is 26.3. The second kappa shape index (κ2) is 9.38. The lowest BCUT2D eigenvalue weighted by atomic mass is 9.98. The number of halogens is 1. The maximum atomic E-state index is 14.8. The first-order chi connectivity index (χ1) is 17.8. The molecule has 2 heterocycles. The normalized spacial score (nSPS) is 13.4. The van der Waals surface area contributed by atoms with Crippen molar-refractivity contribution < 1.29 is 14.0 Å². The highest BCUT2D eigenvalue weighted by atomic mass is 19.1. The largest absolute Gasteiger partial charge is 0.355 e. The van der Waals surface area contributed by atoms with Gasteiger partial charge in [0.2, 0.25) is 0 Å². The minimum Gasteiger partial charge on any atom is -0.355 e. The first-order valence-electron chi connectivity index (χ1n) is 11.7. The third-order valence-electron chi connectivity index (χ3n) is 6.57. The number of hydrogen-bond acceptors (Lipinski definition) is 4. The van der Waals surface area contributed by atoms with Crippen LogP contribution in [0.25, 0.3) is 16.8 Å². The molecule has 5 rings (SSSR count). The summed E-state index contributed by atoms with van der Waals surface area (Å²) in [6.07, 6.45) is 1.44. The first kappa shape index (κ1) is 24.0. The average molecular weight is 501 g/mol. The van der Waals surface area contributed by atoms with Gasteiger partial charge in [0.15, 0.2) is 0 Å². The summed E-state index contributed by atoms with van der Waals surface area (Å²) >= 11 is 0. The fourth-order valence-electron chi connectivity index (χ4n) is 4.57. The summed E-state index contributed by atoms with van der Waals surface area (Å²) in [4.78, 5) is 40.8. The average Bonchev–Trinajstić information content (AvgIpc) is 3.46. The molecule has 3 aromatic carbocycles. The molecule has 1 saturated heterocycles. The second-order valence-electron chi connectivity index (χ2n) is 8.77. The van der Waals surface area contributed by atoms with Gasteiger partial charge >= 0.3 is 11.7 Å². The summed E-state index contributed by atoms with van der Waals surface area (Å²) in [6.45, 7) is 2.62. The van der Waals surface area contributed by atoms with Gasteiger partial charge in [0.05, 0.1) is 11.4 Å². The van der Waals surface area contributed by atoms with Crippen LogP contribution in [0.5, 0.6) is 0 Å². The molecule has 0 atom stereocenters. The van der Waals surface area contributed by atoms with E-state index in [-0.39, 0.29) is 17.6 Å². The van der Waals surface area contributed by atoms with Crippen LogP contribution in [0, 0.1) is 12.7 Å². The summed E-state index contributed by atoms with van der Waals surface area (Å²) < 4.78 is 17.5. The third-order valence-corrected chi connectivity index (χ3v) is 6.57. The molecule has 3 amide bonds. The van der Waals surface area contributed by atoms with Gasteiger partial charge in [-0.2, -0.15) is 5.10 Å². The number of carbonyl (C=O) groups is 2. The lowest BCUT2D eigenvalue weighted by molar-refractivity contribution is 0.0963. The molecule has 0 saturated carbocycles. The van der Waals surface area contributed by atoms with Crippen LogP contribution < -0.4 is 20.8 Å². The molecule has 0 radical (unpaired) electrons. The minimum absolute atomic E-state index is 0.240. The highest BCUT2D eigenvalue weighted by Gasteiger charge is 2.32. The molecule has 0 unspecified atom stereocenters.